The number of likely N-dealkylation sites (tertiary alicyclic amines) is 1. The van der Waals surface area contributed by atoms with Crippen molar-refractivity contribution in [2.75, 3.05) is 18.0 Å². The minimum Gasteiger partial charge on any atom is -0.369 e. The number of nitrogens with zero attached hydrogens (tertiary/aromatic N) is 4. The number of halogens is 1. The zero-order valence-electron chi connectivity index (χ0n) is 14.6. The number of aliphatic imine (C=N–C) groups is 2. The predicted molar refractivity (Wildman–Crippen MR) is 103 cm³/mol. The van der Waals surface area contributed by atoms with Gasteiger partial charge in [-0.15, -0.1) is 0 Å². The first-order chi connectivity index (χ1) is 12.5. The van der Waals surface area contributed by atoms with Crippen LogP contribution in [-0.2, 0) is 4.79 Å². The minimum atomic E-state index is -0.628. The highest BCUT2D eigenvalue weighted by molar-refractivity contribution is 6.31. The Bertz CT molecular complexity index is 780. The summed E-state index contributed by atoms with van der Waals surface area (Å²) in [6, 6.07) is 7.45. The number of hydrogen-bond acceptors (Lipinski definition) is 6. The van der Waals surface area contributed by atoms with Crippen molar-refractivity contribution in [2.45, 2.75) is 37.8 Å². The van der Waals surface area contributed by atoms with E-state index in [4.69, 9.17) is 23.1 Å². The lowest BCUT2D eigenvalue weighted by Gasteiger charge is -2.48. The molecule has 2 fully saturated rings. The molecule has 0 bridgehead atoms. The number of carbonyl (C=O) groups is 1. The third-order valence-corrected chi connectivity index (χ3v) is 5.83. The number of anilines is 1. The topological polar surface area (TPSA) is 100 Å². The van der Waals surface area contributed by atoms with Crippen molar-refractivity contribution in [1.82, 2.24) is 4.90 Å². The highest BCUT2D eigenvalue weighted by Crippen LogP contribution is 2.38. The number of benzene rings is 1. The van der Waals surface area contributed by atoms with Crippen LogP contribution in [0.15, 0.2) is 34.3 Å². The van der Waals surface area contributed by atoms with Crippen LogP contribution in [0.1, 0.15) is 32.1 Å². The molecule has 2 heterocycles. The summed E-state index contributed by atoms with van der Waals surface area (Å²) >= 11 is 6.17. The van der Waals surface area contributed by atoms with Crippen molar-refractivity contribution in [2.24, 2.45) is 27.4 Å². The fourth-order valence-electron chi connectivity index (χ4n) is 3.99. The number of rotatable bonds is 2. The molecule has 1 spiro atoms. The van der Waals surface area contributed by atoms with Gasteiger partial charge in [0.2, 0.25) is 17.8 Å². The number of carbonyl (C=O) groups excluding carboxylic acids is 1. The lowest BCUT2D eigenvalue weighted by atomic mass is 9.83. The summed E-state index contributed by atoms with van der Waals surface area (Å²) in [5.41, 5.74) is 12.3. The summed E-state index contributed by atoms with van der Waals surface area (Å²) in [4.78, 5) is 25.2. The normalized spacial score (nSPS) is 22.7. The lowest BCUT2D eigenvalue weighted by Crippen LogP contribution is -2.62. The number of amides is 1. The van der Waals surface area contributed by atoms with Gasteiger partial charge in [-0.25, -0.2) is 4.99 Å². The van der Waals surface area contributed by atoms with Crippen molar-refractivity contribution < 1.29 is 4.79 Å². The third kappa shape index (κ3) is 2.90. The number of guanidine groups is 2. The van der Waals surface area contributed by atoms with Gasteiger partial charge in [0.05, 0.1) is 0 Å². The zero-order chi connectivity index (χ0) is 18.3. The van der Waals surface area contributed by atoms with Crippen LogP contribution >= 0.6 is 11.6 Å². The van der Waals surface area contributed by atoms with E-state index in [0.29, 0.717) is 36.9 Å². The Morgan fingerprint density at radius 2 is 1.96 bits per heavy atom. The van der Waals surface area contributed by atoms with Crippen molar-refractivity contribution in [3.05, 3.63) is 29.3 Å². The Morgan fingerprint density at radius 3 is 2.58 bits per heavy atom. The van der Waals surface area contributed by atoms with Gasteiger partial charge in [-0.1, -0.05) is 24.1 Å². The fraction of sp³-hybridized carbons (Fsp3) is 0.500. The van der Waals surface area contributed by atoms with Gasteiger partial charge in [0.25, 0.3) is 0 Å². The van der Waals surface area contributed by atoms with E-state index in [9.17, 15) is 4.79 Å². The van der Waals surface area contributed by atoms with E-state index < -0.39 is 5.66 Å². The summed E-state index contributed by atoms with van der Waals surface area (Å²) in [5, 5.41) is 0.616. The van der Waals surface area contributed by atoms with Crippen LogP contribution in [0.4, 0.5) is 5.69 Å². The molecule has 7 nitrogen and oxygen atoms in total. The van der Waals surface area contributed by atoms with E-state index in [1.165, 1.54) is 0 Å². The lowest BCUT2D eigenvalue weighted by molar-refractivity contribution is -0.139. The molecule has 138 valence electrons. The van der Waals surface area contributed by atoms with Crippen molar-refractivity contribution in [3.8, 4) is 0 Å². The molecule has 3 aliphatic rings. The molecular formula is C18H23ClN6O. The molecule has 4 N–H and O–H groups in total. The Balaban J connectivity index is 1.60. The second-order valence-corrected chi connectivity index (χ2v) is 7.63. The third-order valence-electron chi connectivity index (χ3n) is 5.59. The van der Waals surface area contributed by atoms with Gasteiger partial charge in [0, 0.05) is 42.6 Å². The molecular weight excluding hydrogens is 352 g/mol. The molecule has 1 amide bonds. The van der Waals surface area contributed by atoms with Gasteiger partial charge in [-0.05, 0) is 31.0 Å². The van der Waals surface area contributed by atoms with Crippen LogP contribution < -0.4 is 16.4 Å². The van der Waals surface area contributed by atoms with E-state index in [1.807, 2.05) is 34.1 Å². The molecule has 8 heteroatoms. The van der Waals surface area contributed by atoms with E-state index in [2.05, 4.69) is 9.98 Å². The van der Waals surface area contributed by atoms with E-state index >= 15 is 0 Å². The Kier molecular flexibility index (Phi) is 4.26. The highest BCUT2D eigenvalue weighted by atomic mass is 35.5. The molecule has 4 rings (SSSR count). The molecule has 1 aliphatic carbocycles. The average molecular weight is 375 g/mol. The largest absolute Gasteiger partial charge is 0.369 e. The first-order valence-electron chi connectivity index (χ1n) is 9.03. The molecule has 1 aromatic carbocycles. The molecule has 2 aliphatic heterocycles. The van der Waals surface area contributed by atoms with E-state index in [1.54, 1.807) is 0 Å². The average Bonchev–Trinajstić information content (AvgIpc) is 2.53. The Hall–Kier alpha value is -2.28. The van der Waals surface area contributed by atoms with E-state index in [-0.39, 0.29) is 17.8 Å². The summed E-state index contributed by atoms with van der Waals surface area (Å²) in [5.74, 6) is 0.965. The molecule has 26 heavy (non-hydrogen) atoms. The number of piperidine rings is 1. The molecule has 0 unspecified atom stereocenters. The molecule has 1 saturated carbocycles. The van der Waals surface area contributed by atoms with Gasteiger partial charge in [-0.3, -0.25) is 9.69 Å². The quantitative estimate of drug-likeness (QED) is 0.825. The maximum Gasteiger partial charge on any atom is 0.225 e. The Labute approximate surface area is 157 Å². The number of nitrogens with two attached hydrogens (primary N) is 2. The second kappa shape index (κ2) is 6.46. The maximum absolute atomic E-state index is 12.6. The van der Waals surface area contributed by atoms with Gasteiger partial charge in [0.15, 0.2) is 0 Å². The SMILES string of the molecule is NC1=NC2(CCN(C(=O)C3CCC3)CC2)N(c2cccc(Cl)c2)C(N)=N1. The summed E-state index contributed by atoms with van der Waals surface area (Å²) in [6.07, 6.45) is 4.48. The minimum absolute atomic E-state index is 0.180. The molecule has 0 atom stereocenters. The molecule has 1 saturated heterocycles. The summed E-state index contributed by atoms with van der Waals surface area (Å²) in [7, 11) is 0. The maximum atomic E-state index is 12.6. The first-order valence-corrected chi connectivity index (χ1v) is 9.40. The monoisotopic (exact) mass is 374 g/mol. The van der Waals surface area contributed by atoms with Crippen LogP contribution in [0.5, 0.6) is 0 Å². The summed E-state index contributed by atoms with van der Waals surface area (Å²) in [6.45, 7) is 1.27. The van der Waals surface area contributed by atoms with Gasteiger partial charge in [-0.2, -0.15) is 4.99 Å². The van der Waals surface area contributed by atoms with Crippen molar-refractivity contribution in [1.29, 1.82) is 0 Å². The zero-order valence-corrected chi connectivity index (χ0v) is 15.3. The van der Waals surface area contributed by atoms with Crippen molar-refractivity contribution in [3.63, 3.8) is 0 Å². The smallest absolute Gasteiger partial charge is 0.225 e. The van der Waals surface area contributed by atoms with Gasteiger partial charge in [0.1, 0.15) is 5.66 Å². The Morgan fingerprint density at radius 1 is 1.23 bits per heavy atom. The van der Waals surface area contributed by atoms with Crippen LogP contribution in [0.3, 0.4) is 0 Å². The fourth-order valence-corrected chi connectivity index (χ4v) is 4.18. The number of hydrogen-bond donors (Lipinski definition) is 2. The van der Waals surface area contributed by atoms with Crippen LogP contribution in [-0.4, -0.2) is 41.5 Å². The molecule has 1 aromatic rings. The van der Waals surface area contributed by atoms with Crippen LogP contribution in [0.25, 0.3) is 0 Å². The predicted octanol–water partition coefficient (Wildman–Crippen LogP) is 1.91. The van der Waals surface area contributed by atoms with Crippen molar-refractivity contribution >= 4 is 35.1 Å². The van der Waals surface area contributed by atoms with E-state index in [0.717, 1.165) is 24.9 Å². The van der Waals surface area contributed by atoms with Gasteiger partial charge < -0.3 is 16.4 Å². The molecule has 0 aromatic heterocycles. The molecule has 0 radical (unpaired) electrons. The summed E-state index contributed by atoms with van der Waals surface area (Å²) < 4.78 is 0. The standard InChI is InChI=1S/C18H23ClN6O/c19-13-5-2-6-14(11-13)25-17(21)22-16(20)23-18(25)7-9-24(10-8-18)15(26)12-3-1-4-12/h2,5-6,11-12H,1,3-4,7-10H2,(H4,20,21,22,23). The van der Waals surface area contributed by atoms with Crippen LogP contribution in [0.2, 0.25) is 5.02 Å². The first kappa shape index (κ1) is 17.1. The van der Waals surface area contributed by atoms with Crippen LogP contribution in [0, 0.1) is 5.92 Å². The van der Waals surface area contributed by atoms with Gasteiger partial charge >= 0.3 is 0 Å². The second-order valence-electron chi connectivity index (χ2n) is 7.19. The highest BCUT2D eigenvalue weighted by Gasteiger charge is 2.45.